The number of hydrogen-bond acceptors (Lipinski definition) is 11. The van der Waals surface area contributed by atoms with Gasteiger partial charge in [0.2, 0.25) is 5.88 Å². The van der Waals surface area contributed by atoms with Crippen LogP contribution in [0, 0.1) is 17.6 Å². The van der Waals surface area contributed by atoms with Gasteiger partial charge in [-0.05, 0) is 49.7 Å². The predicted octanol–water partition coefficient (Wildman–Crippen LogP) is -0.563. The number of carboxylic acids is 4. The molecular weight excluding hydrogens is 612 g/mol. The topological polar surface area (TPSA) is 269 Å². The molecule has 0 aliphatic carbocycles. The maximum Gasteiger partial charge on any atom is 0.335 e. The first-order valence-corrected chi connectivity index (χ1v) is 13.1. The lowest BCUT2D eigenvalue weighted by atomic mass is 10.0. The molecule has 0 amide bonds. The summed E-state index contributed by atoms with van der Waals surface area (Å²) in [5.41, 5.74) is 0.927. The molecule has 16 nitrogen and oxygen atoms in total. The number of aromatic nitrogens is 2. The van der Waals surface area contributed by atoms with E-state index in [2.05, 4.69) is 10.4 Å². The summed E-state index contributed by atoms with van der Waals surface area (Å²) in [6.07, 6.45) is -6.86. The van der Waals surface area contributed by atoms with Crippen molar-refractivity contribution < 1.29 is 73.5 Å². The van der Waals surface area contributed by atoms with Crippen LogP contribution in [0.25, 0.3) is 16.6 Å². The largest absolute Gasteiger partial charge is 0.479 e. The maximum absolute atomic E-state index is 14.2. The number of carboxylic acid groups (broad SMARTS) is 4. The summed E-state index contributed by atoms with van der Waals surface area (Å²) in [7, 11) is 0. The molecule has 0 unspecified atom stereocenters. The highest BCUT2D eigenvalue weighted by molar-refractivity contribution is 5.86. The molecule has 18 heteroatoms. The summed E-state index contributed by atoms with van der Waals surface area (Å²) in [4.78, 5) is 39.1. The molecule has 1 aliphatic rings. The van der Waals surface area contributed by atoms with Crippen LogP contribution in [0.4, 0.5) is 8.78 Å². The average Bonchev–Trinajstić information content (AvgIpc) is 3.36. The van der Waals surface area contributed by atoms with Crippen LogP contribution < -0.4 is 10.1 Å². The number of rotatable bonds is 10. The Bertz CT molecular complexity index is 1410. The molecule has 0 spiro atoms. The standard InChI is InChI=1S/C19H19F2N3O.2C4H6O6/c20-14-7-8-17-15(10-14)19(25-12-13-4-3-9-22-11-13)23-24(17)18-6-2-1-5-16(18)21;2*5-1(3(7)8)2(6)4(9)10/h1-2,5-8,10,13,22H,3-4,9,11-12H2;2*1-2,5-6H,(H,7,8)(H,9,10)/t13-;2*1-,2-/m011/s1. The number of nitrogens with zero attached hydrogens (tertiary/aromatic N) is 2. The van der Waals surface area contributed by atoms with E-state index in [4.69, 9.17) is 45.6 Å². The minimum atomic E-state index is -2.27. The molecule has 1 aromatic heterocycles. The van der Waals surface area contributed by atoms with Gasteiger partial charge >= 0.3 is 23.9 Å². The second kappa shape index (κ2) is 16.9. The summed E-state index contributed by atoms with van der Waals surface area (Å²) in [5, 5.41) is 73.4. The monoisotopic (exact) mass is 643 g/mol. The minimum Gasteiger partial charge on any atom is -0.479 e. The van der Waals surface area contributed by atoms with E-state index in [1.807, 2.05) is 0 Å². The van der Waals surface area contributed by atoms with Gasteiger partial charge in [-0.1, -0.05) is 12.1 Å². The van der Waals surface area contributed by atoms with E-state index in [1.165, 1.54) is 22.9 Å². The molecule has 1 aliphatic heterocycles. The first-order valence-electron chi connectivity index (χ1n) is 13.1. The number of hydrogen-bond donors (Lipinski definition) is 9. The molecule has 1 saturated heterocycles. The van der Waals surface area contributed by atoms with Crippen LogP contribution >= 0.6 is 0 Å². The van der Waals surface area contributed by atoms with Crippen molar-refractivity contribution >= 4 is 34.8 Å². The molecule has 1 fully saturated rings. The van der Waals surface area contributed by atoms with E-state index in [-0.39, 0.29) is 11.6 Å². The highest BCUT2D eigenvalue weighted by Gasteiger charge is 2.30. The van der Waals surface area contributed by atoms with E-state index in [0.717, 1.165) is 25.9 Å². The number of para-hydroxylation sites is 1. The Morgan fingerprint density at radius 3 is 1.87 bits per heavy atom. The molecule has 9 N–H and O–H groups in total. The van der Waals surface area contributed by atoms with Crippen molar-refractivity contribution in [1.29, 1.82) is 0 Å². The van der Waals surface area contributed by atoms with Crippen molar-refractivity contribution in [2.75, 3.05) is 19.7 Å². The zero-order chi connectivity index (χ0) is 33.8. The summed E-state index contributed by atoms with van der Waals surface area (Å²) in [6, 6.07) is 10.7. The molecule has 2 heterocycles. The Morgan fingerprint density at radius 2 is 1.40 bits per heavy atom. The van der Waals surface area contributed by atoms with E-state index >= 15 is 0 Å². The molecule has 0 bridgehead atoms. The van der Waals surface area contributed by atoms with Crippen LogP contribution in [-0.2, 0) is 19.2 Å². The lowest BCUT2D eigenvalue weighted by Crippen LogP contribution is -2.39. The summed E-state index contributed by atoms with van der Waals surface area (Å²) in [5.74, 6) is -7.10. The highest BCUT2D eigenvalue weighted by Crippen LogP contribution is 2.29. The Kier molecular flexibility index (Phi) is 13.7. The van der Waals surface area contributed by atoms with Gasteiger partial charge < -0.3 is 50.9 Å². The van der Waals surface area contributed by atoms with Crippen LogP contribution in [-0.4, -0.2) is 119 Å². The smallest absolute Gasteiger partial charge is 0.335 e. The van der Waals surface area contributed by atoms with Crippen LogP contribution in [0.3, 0.4) is 0 Å². The fourth-order valence-electron chi connectivity index (χ4n) is 3.78. The van der Waals surface area contributed by atoms with E-state index in [0.29, 0.717) is 35.0 Å². The van der Waals surface area contributed by atoms with Crippen molar-refractivity contribution in [3.8, 4) is 11.6 Å². The van der Waals surface area contributed by atoms with Crippen molar-refractivity contribution in [2.45, 2.75) is 37.3 Å². The van der Waals surface area contributed by atoms with E-state index in [1.54, 1.807) is 24.3 Å². The Labute approximate surface area is 252 Å². The quantitative estimate of drug-likeness (QED) is 0.134. The Morgan fingerprint density at radius 1 is 0.867 bits per heavy atom. The number of fused-ring (bicyclic) bond motifs is 1. The van der Waals surface area contributed by atoms with Crippen molar-refractivity contribution in [1.82, 2.24) is 15.1 Å². The molecule has 2 aromatic carbocycles. The normalized spacial score (nSPS) is 16.9. The van der Waals surface area contributed by atoms with Gasteiger partial charge in [-0.15, -0.1) is 5.10 Å². The summed E-state index contributed by atoms with van der Waals surface area (Å²) < 4.78 is 35.3. The second-order valence-electron chi connectivity index (χ2n) is 9.49. The molecule has 5 atom stereocenters. The Hall–Kier alpha value is -4.75. The predicted molar refractivity (Wildman–Crippen MR) is 147 cm³/mol. The first-order chi connectivity index (χ1) is 21.1. The molecule has 3 aromatic rings. The van der Waals surface area contributed by atoms with Crippen LogP contribution in [0.2, 0.25) is 0 Å². The summed E-state index contributed by atoms with van der Waals surface area (Å²) in [6.45, 7) is 2.44. The first kappa shape index (κ1) is 36.4. The number of nitrogens with one attached hydrogen (secondary N) is 1. The minimum absolute atomic E-state index is 0.313. The third-order valence-electron chi connectivity index (χ3n) is 6.15. The fraction of sp³-hybridized carbons (Fsp3) is 0.370. The van der Waals surface area contributed by atoms with Crippen LogP contribution in [0.5, 0.6) is 5.88 Å². The van der Waals surface area contributed by atoms with Crippen LogP contribution in [0.15, 0.2) is 42.5 Å². The van der Waals surface area contributed by atoms with E-state index in [9.17, 15) is 28.0 Å². The number of piperidine rings is 1. The van der Waals surface area contributed by atoms with Crippen molar-refractivity contribution in [3.63, 3.8) is 0 Å². The number of aliphatic hydroxyl groups excluding tert-OH is 4. The van der Waals surface area contributed by atoms with Gasteiger partial charge in [0.25, 0.3) is 0 Å². The summed E-state index contributed by atoms with van der Waals surface area (Å²) >= 11 is 0. The molecular formula is C27H31F2N3O13. The number of halogens is 2. The van der Waals surface area contributed by atoms with Crippen molar-refractivity contribution in [3.05, 3.63) is 54.1 Å². The lowest BCUT2D eigenvalue weighted by molar-refractivity contribution is -0.165. The third kappa shape index (κ3) is 10.4. The van der Waals surface area contributed by atoms with Gasteiger partial charge in [0.05, 0.1) is 17.5 Å². The zero-order valence-corrected chi connectivity index (χ0v) is 23.2. The maximum atomic E-state index is 14.2. The van der Waals surface area contributed by atoms with Gasteiger partial charge in [0.15, 0.2) is 24.4 Å². The highest BCUT2D eigenvalue weighted by atomic mass is 19.1. The van der Waals surface area contributed by atoms with Gasteiger partial charge in [0, 0.05) is 12.5 Å². The molecule has 45 heavy (non-hydrogen) atoms. The zero-order valence-electron chi connectivity index (χ0n) is 23.2. The van der Waals surface area contributed by atoms with Gasteiger partial charge in [-0.3, -0.25) is 0 Å². The fourth-order valence-corrected chi connectivity index (χ4v) is 3.78. The molecule has 246 valence electrons. The van der Waals surface area contributed by atoms with Crippen LogP contribution in [0.1, 0.15) is 12.8 Å². The average molecular weight is 644 g/mol. The number of aliphatic carboxylic acids is 4. The second-order valence-corrected chi connectivity index (χ2v) is 9.49. The third-order valence-corrected chi connectivity index (χ3v) is 6.15. The number of benzene rings is 2. The molecule has 0 saturated carbocycles. The lowest BCUT2D eigenvalue weighted by Gasteiger charge is -2.22. The number of ether oxygens (including phenoxy) is 1. The van der Waals surface area contributed by atoms with Gasteiger partial charge in [-0.25, -0.2) is 32.6 Å². The van der Waals surface area contributed by atoms with E-state index < -0.39 is 48.3 Å². The Balaban J connectivity index is 0.000000294. The van der Waals surface area contributed by atoms with Crippen molar-refractivity contribution in [2.24, 2.45) is 5.92 Å². The molecule has 0 radical (unpaired) electrons. The van der Waals surface area contributed by atoms with Gasteiger partial charge in [0.1, 0.15) is 17.3 Å². The molecule has 4 rings (SSSR count). The van der Waals surface area contributed by atoms with Gasteiger partial charge in [-0.2, -0.15) is 0 Å². The SMILES string of the molecule is Fc1ccc2c(c1)c(OC[C@H]1CCCNC1)nn2-c1ccccc1F.O=C(O)[C@H](O)[C@@H](O)C(=O)O.O=C(O)[C@H](O)[C@@H](O)C(=O)O. The number of carbonyl (C=O) groups is 4. The number of aliphatic hydroxyl groups is 4.